The largest absolute Gasteiger partial charge is 0.444 e. The number of rotatable bonds is 5. The number of hydrogen-bond donors (Lipinski definition) is 1. The maximum atomic E-state index is 13.2. The van der Waals surface area contributed by atoms with Crippen LogP contribution in [0.4, 0.5) is 11.4 Å². The van der Waals surface area contributed by atoms with Crippen molar-refractivity contribution in [3.8, 4) is 11.5 Å². The standard InChI is InChI=1S/C26H28N6O4/c1-17-12-19(2-5-27-17)26-30-22(16-36-26)25(33)29-21-15-32-14-20(18-3-8-34-9-4-18)28-24(32)13-23(21)31-6-10-35-11-7-31/h2,5,12-16,18H,3-4,6-11H2,1H3,(H,29,33). The molecule has 1 amide bonds. The van der Waals surface area contributed by atoms with Crippen LogP contribution in [0.1, 0.15) is 40.6 Å². The first-order valence-electron chi connectivity index (χ1n) is 12.3. The summed E-state index contributed by atoms with van der Waals surface area (Å²) in [6.45, 7) is 6.17. The number of hydrogen-bond acceptors (Lipinski definition) is 8. The SMILES string of the molecule is Cc1cc(-c2nc(C(=O)Nc3cn4cc(C5CCOCC5)nc4cc3N3CCOCC3)co2)ccn1. The van der Waals surface area contributed by atoms with Crippen LogP contribution >= 0.6 is 0 Å². The van der Waals surface area contributed by atoms with E-state index in [1.165, 1.54) is 6.26 Å². The van der Waals surface area contributed by atoms with Gasteiger partial charge in [0, 0.05) is 68.1 Å². The van der Waals surface area contributed by atoms with Gasteiger partial charge in [0.1, 0.15) is 11.9 Å². The van der Waals surface area contributed by atoms with Gasteiger partial charge in [0.15, 0.2) is 5.69 Å². The quantitative estimate of drug-likeness (QED) is 0.453. The Morgan fingerprint density at radius 3 is 2.67 bits per heavy atom. The molecule has 2 fully saturated rings. The highest BCUT2D eigenvalue weighted by Gasteiger charge is 2.23. The number of imidazole rings is 1. The van der Waals surface area contributed by atoms with Gasteiger partial charge in [0.25, 0.3) is 5.91 Å². The number of morpholine rings is 1. The number of pyridine rings is 2. The van der Waals surface area contributed by atoms with Gasteiger partial charge in [-0.2, -0.15) is 0 Å². The Morgan fingerprint density at radius 2 is 1.86 bits per heavy atom. The molecular weight excluding hydrogens is 460 g/mol. The van der Waals surface area contributed by atoms with Crippen LogP contribution in [0.15, 0.2) is 47.5 Å². The van der Waals surface area contributed by atoms with E-state index in [0.29, 0.717) is 30.7 Å². The fourth-order valence-corrected chi connectivity index (χ4v) is 4.77. The molecule has 4 aromatic rings. The lowest BCUT2D eigenvalue weighted by Gasteiger charge is -2.30. The zero-order valence-electron chi connectivity index (χ0n) is 20.1. The van der Waals surface area contributed by atoms with Gasteiger partial charge in [-0.25, -0.2) is 9.97 Å². The Kier molecular flexibility index (Phi) is 6.12. The molecule has 0 atom stereocenters. The maximum absolute atomic E-state index is 13.2. The zero-order valence-corrected chi connectivity index (χ0v) is 20.1. The van der Waals surface area contributed by atoms with Crippen LogP contribution in [-0.4, -0.2) is 64.8 Å². The van der Waals surface area contributed by atoms with Crippen molar-refractivity contribution in [1.29, 1.82) is 0 Å². The van der Waals surface area contributed by atoms with E-state index < -0.39 is 0 Å². The van der Waals surface area contributed by atoms with Gasteiger partial charge < -0.3 is 28.5 Å². The van der Waals surface area contributed by atoms with Gasteiger partial charge in [-0.1, -0.05) is 0 Å². The predicted octanol–water partition coefficient (Wildman–Crippen LogP) is 3.68. The normalized spacial score (nSPS) is 17.0. The van der Waals surface area contributed by atoms with Crippen molar-refractivity contribution in [3.63, 3.8) is 0 Å². The lowest BCUT2D eigenvalue weighted by atomic mass is 9.97. The lowest BCUT2D eigenvalue weighted by Crippen LogP contribution is -2.37. The van der Waals surface area contributed by atoms with Crippen molar-refractivity contribution in [3.05, 3.63) is 60.1 Å². The number of aryl methyl sites for hydroxylation is 1. The molecule has 10 nitrogen and oxygen atoms in total. The minimum absolute atomic E-state index is 0.209. The molecule has 0 spiro atoms. The van der Waals surface area contributed by atoms with Gasteiger partial charge in [-0.05, 0) is 31.9 Å². The van der Waals surface area contributed by atoms with Gasteiger partial charge in [-0.3, -0.25) is 9.78 Å². The van der Waals surface area contributed by atoms with E-state index in [-0.39, 0.29) is 11.6 Å². The summed E-state index contributed by atoms with van der Waals surface area (Å²) >= 11 is 0. The third kappa shape index (κ3) is 4.57. The Labute approximate surface area is 208 Å². The number of fused-ring (bicyclic) bond motifs is 1. The molecule has 10 heteroatoms. The number of anilines is 2. The van der Waals surface area contributed by atoms with Crippen LogP contribution in [0.5, 0.6) is 0 Å². The number of nitrogens with one attached hydrogen (secondary N) is 1. The van der Waals surface area contributed by atoms with E-state index in [9.17, 15) is 4.79 Å². The Bertz CT molecular complexity index is 1380. The van der Waals surface area contributed by atoms with Crippen molar-refractivity contribution in [2.75, 3.05) is 49.7 Å². The highest BCUT2D eigenvalue weighted by molar-refractivity contribution is 6.04. The molecule has 4 aromatic heterocycles. The number of nitrogens with zero attached hydrogens (tertiary/aromatic N) is 5. The van der Waals surface area contributed by atoms with E-state index in [1.807, 2.05) is 29.7 Å². The van der Waals surface area contributed by atoms with Crippen molar-refractivity contribution in [2.45, 2.75) is 25.7 Å². The highest BCUT2D eigenvalue weighted by Crippen LogP contribution is 2.32. The van der Waals surface area contributed by atoms with E-state index in [2.05, 4.69) is 26.4 Å². The molecular formula is C26H28N6O4. The second-order valence-corrected chi connectivity index (χ2v) is 9.17. The summed E-state index contributed by atoms with van der Waals surface area (Å²) in [6.07, 6.45) is 9.00. The molecule has 6 heterocycles. The summed E-state index contributed by atoms with van der Waals surface area (Å²) in [6, 6.07) is 5.71. The van der Waals surface area contributed by atoms with Crippen LogP contribution in [0, 0.1) is 6.92 Å². The van der Waals surface area contributed by atoms with Crippen LogP contribution < -0.4 is 10.2 Å². The minimum Gasteiger partial charge on any atom is -0.444 e. The minimum atomic E-state index is -0.339. The Hall–Kier alpha value is -3.76. The summed E-state index contributed by atoms with van der Waals surface area (Å²) in [7, 11) is 0. The molecule has 0 bridgehead atoms. The second-order valence-electron chi connectivity index (χ2n) is 9.17. The van der Waals surface area contributed by atoms with E-state index in [0.717, 1.165) is 67.4 Å². The van der Waals surface area contributed by atoms with Crippen molar-refractivity contribution in [2.24, 2.45) is 0 Å². The first-order valence-corrected chi connectivity index (χ1v) is 12.3. The molecule has 0 aliphatic carbocycles. The number of carbonyl (C=O) groups is 1. The molecule has 0 aromatic carbocycles. The van der Waals surface area contributed by atoms with E-state index in [4.69, 9.17) is 18.9 Å². The Morgan fingerprint density at radius 1 is 1.06 bits per heavy atom. The molecule has 186 valence electrons. The first kappa shape index (κ1) is 22.7. The van der Waals surface area contributed by atoms with Crippen LogP contribution in [0.2, 0.25) is 0 Å². The molecule has 0 radical (unpaired) electrons. The maximum Gasteiger partial charge on any atom is 0.277 e. The average molecular weight is 489 g/mol. The van der Waals surface area contributed by atoms with Crippen molar-refractivity contribution < 1.29 is 18.7 Å². The fraction of sp³-hybridized carbons (Fsp3) is 0.385. The van der Waals surface area contributed by atoms with Gasteiger partial charge in [-0.15, -0.1) is 0 Å². The summed E-state index contributed by atoms with van der Waals surface area (Å²) in [4.78, 5) is 29.0. The van der Waals surface area contributed by atoms with Crippen molar-refractivity contribution in [1.82, 2.24) is 19.4 Å². The van der Waals surface area contributed by atoms with Crippen LogP contribution in [0.25, 0.3) is 17.1 Å². The predicted molar refractivity (Wildman–Crippen MR) is 133 cm³/mol. The van der Waals surface area contributed by atoms with Crippen LogP contribution in [0.3, 0.4) is 0 Å². The zero-order chi connectivity index (χ0) is 24.5. The van der Waals surface area contributed by atoms with E-state index in [1.54, 1.807) is 12.3 Å². The average Bonchev–Trinajstić information content (AvgIpc) is 3.57. The third-order valence-corrected chi connectivity index (χ3v) is 6.71. The molecule has 2 saturated heterocycles. The Balaban J connectivity index is 1.31. The number of oxazole rings is 1. The molecule has 0 unspecified atom stereocenters. The van der Waals surface area contributed by atoms with Gasteiger partial charge in [0.2, 0.25) is 5.89 Å². The molecule has 36 heavy (non-hydrogen) atoms. The molecule has 1 N–H and O–H groups in total. The van der Waals surface area contributed by atoms with Gasteiger partial charge >= 0.3 is 0 Å². The fourth-order valence-electron chi connectivity index (χ4n) is 4.77. The van der Waals surface area contributed by atoms with Gasteiger partial charge in [0.05, 0.1) is 30.3 Å². The highest BCUT2D eigenvalue weighted by atomic mass is 16.5. The lowest BCUT2D eigenvalue weighted by molar-refractivity contribution is 0.0846. The first-order chi connectivity index (χ1) is 17.6. The molecule has 6 rings (SSSR count). The summed E-state index contributed by atoms with van der Waals surface area (Å²) in [5.41, 5.74) is 5.35. The molecule has 0 saturated carbocycles. The summed E-state index contributed by atoms with van der Waals surface area (Å²) in [5, 5.41) is 3.06. The smallest absolute Gasteiger partial charge is 0.277 e. The molecule has 2 aliphatic rings. The van der Waals surface area contributed by atoms with E-state index >= 15 is 0 Å². The third-order valence-electron chi connectivity index (χ3n) is 6.71. The monoisotopic (exact) mass is 488 g/mol. The number of aromatic nitrogens is 4. The number of carbonyl (C=O) groups excluding carboxylic acids is 1. The topological polar surface area (TPSA) is 107 Å². The summed E-state index contributed by atoms with van der Waals surface area (Å²) in [5.74, 6) is 0.425. The van der Waals surface area contributed by atoms with Crippen molar-refractivity contribution >= 4 is 22.9 Å². The molecule has 2 aliphatic heterocycles. The van der Waals surface area contributed by atoms with Crippen LogP contribution in [-0.2, 0) is 9.47 Å². The summed E-state index contributed by atoms with van der Waals surface area (Å²) < 4.78 is 18.6. The second kappa shape index (κ2) is 9.71. The number of amides is 1. The number of ether oxygens (including phenoxy) is 2.